The summed E-state index contributed by atoms with van der Waals surface area (Å²) >= 11 is 0. The molecule has 2 aromatic heterocycles. The highest BCUT2D eigenvalue weighted by Crippen LogP contribution is 2.38. The van der Waals surface area contributed by atoms with Crippen molar-refractivity contribution in [2.45, 2.75) is 18.8 Å². The Morgan fingerprint density at radius 1 is 1.04 bits per heavy atom. The third-order valence-corrected chi connectivity index (χ3v) is 5.43. The summed E-state index contributed by atoms with van der Waals surface area (Å²) in [5.74, 6) is 2.19. The molecule has 6 nitrogen and oxygen atoms in total. The van der Waals surface area contributed by atoms with Crippen LogP contribution in [0.1, 0.15) is 34.0 Å². The molecule has 28 heavy (non-hydrogen) atoms. The minimum atomic E-state index is 0.0141. The zero-order valence-electron chi connectivity index (χ0n) is 15.7. The molecule has 1 unspecified atom stereocenters. The number of aromatic nitrogens is 3. The van der Waals surface area contributed by atoms with E-state index in [1.807, 2.05) is 53.1 Å². The maximum Gasteiger partial charge on any atom is 0.235 e. The van der Waals surface area contributed by atoms with Gasteiger partial charge in [0, 0.05) is 24.6 Å². The van der Waals surface area contributed by atoms with Crippen LogP contribution in [0.15, 0.2) is 48.7 Å². The van der Waals surface area contributed by atoms with Crippen molar-refractivity contribution in [1.29, 1.82) is 0 Å². The fraction of sp³-hybridized carbons (Fsp3) is 0.227. The van der Waals surface area contributed by atoms with Crippen LogP contribution in [-0.2, 0) is 6.42 Å². The topological polar surface area (TPSA) is 65.7 Å². The largest absolute Gasteiger partial charge is 0.497 e. The maximum atomic E-state index is 13.0. The summed E-state index contributed by atoms with van der Waals surface area (Å²) in [7, 11) is 3.26. The Hall–Kier alpha value is -3.41. The van der Waals surface area contributed by atoms with E-state index < -0.39 is 0 Å². The minimum absolute atomic E-state index is 0.0141. The number of ketones is 1. The van der Waals surface area contributed by atoms with E-state index in [2.05, 4.69) is 4.98 Å². The third-order valence-electron chi connectivity index (χ3n) is 5.43. The van der Waals surface area contributed by atoms with Crippen LogP contribution in [-0.4, -0.2) is 34.4 Å². The van der Waals surface area contributed by atoms with Crippen molar-refractivity contribution in [3.05, 3.63) is 65.5 Å². The van der Waals surface area contributed by atoms with Crippen LogP contribution in [0.5, 0.6) is 11.5 Å². The minimum Gasteiger partial charge on any atom is -0.497 e. The summed E-state index contributed by atoms with van der Waals surface area (Å²) < 4.78 is 12.7. The molecule has 140 valence electrons. The Balaban J connectivity index is 1.60. The first-order valence-corrected chi connectivity index (χ1v) is 9.20. The van der Waals surface area contributed by atoms with Gasteiger partial charge in [0.25, 0.3) is 0 Å². The fourth-order valence-electron chi connectivity index (χ4n) is 4.03. The van der Waals surface area contributed by atoms with Crippen molar-refractivity contribution in [3.8, 4) is 11.5 Å². The maximum absolute atomic E-state index is 13.0. The summed E-state index contributed by atoms with van der Waals surface area (Å²) in [6.07, 6.45) is 2.98. The van der Waals surface area contributed by atoms with Gasteiger partial charge in [-0.2, -0.15) is 0 Å². The Labute approximate surface area is 161 Å². The van der Waals surface area contributed by atoms with Crippen molar-refractivity contribution in [2.75, 3.05) is 14.2 Å². The lowest BCUT2D eigenvalue weighted by Gasteiger charge is -2.25. The Morgan fingerprint density at radius 3 is 2.71 bits per heavy atom. The first-order chi connectivity index (χ1) is 13.7. The van der Waals surface area contributed by atoms with Gasteiger partial charge in [0.1, 0.15) is 11.5 Å². The number of benzene rings is 2. The molecular formula is C22H19N3O3. The lowest BCUT2D eigenvalue weighted by Crippen LogP contribution is -2.21. The first-order valence-electron chi connectivity index (χ1n) is 9.20. The summed E-state index contributed by atoms with van der Waals surface area (Å²) in [6, 6.07) is 13.6. The van der Waals surface area contributed by atoms with Crippen molar-refractivity contribution < 1.29 is 14.3 Å². The second-order valence-corrected chi connectivity index (χ2v) is 7.01. The van der Waals surface area contributed by atoms with Gasteiger partial charge >= 0.3 is 0 Å². The molecule has 1 atom stereocenters. The highest BCUT2D eigenvalue weighted by molar-refractivity contribution is 5.99. The number of methoxy groups -OCH3 is 2. The van der Waals surface area contributed by atoms with E-state index in [0.717, 1.165) is 33.8 Å². The third kappa shape index (κ3) is 2.52. The quantitative estimate of drug-likeness (QED) is 0.546. The number of ether oxygens (including phenoxy) is 2. The molecule has 0 amide bonds. The Kier molecular flexibility index (Phi) is 3.79. The standard InChI is InChI=1S/C22H19N3O3/c1-27-14-7-8-15(21(11-14)28-2)13-9-18-16(20(26)10-13)12-25-19-6-4-3-5-17(19)23-22(25)24-18/h3-8,11-13H,9-10H2,1-2H3. The number of hydrogen-bond acceptors (Lipinski definition) is 5. The van der Waals surface area contributed by atoms with E-state index in [-0.39, 0.29) is 11.7 Å². The zero-order chi connectivity index (χ0) is 19.3. The Bertz CT molecular complexity index is 1230. The zero-order valence-corrected chi connectivity index (χ0v) is 15.7. The molecule has 2 aromatic carbocycles. The van der Waals surface area contributed by atoms with Gasteiger partial charge in [-0.05, 0) is 30.2 Å². The van der Waals surface area contributed by atoms with Gasteiger partial charge in [0.2, 0.25) is 5.78 Å². The molecule has 0 spiro atoms. The van der Waals surface area contributed by atoms with Crippen molar-refractivity contribution in [2.24, 2.45) is 0 Å². The van der Waals surface area contributed by atoms with Crippen LogP contribution in [0.3, 0.4) is 0 Å². The van der Waals surface area contributed by atoms with Crippen LogP contribution in [0.25, 0.3) is 16.8 Å². The Morgan fingerprint density at radius 2 is 1.89 bits per heavy atom. The molecule has 4 aromatic rings. The van der Waals surface area contributed by atoms with E-state index in [9.17, 15) is 4.79 Å². The molecule has 0 saturated carbocycles. The van der Waals surface area contributed by atoms with Crippen molar-refractivity contribution in [1.82, 2.24) is 14.4 Å². The molecule has 0 N–H and O–H groups in total. The van der Waals surface area contributed by atoms with Gasteiger partial charge in [0.15, 0.2) is 5.78 Å². The predicted octanol–water partition coefficient (Wildman–Crippen LogP) is 3.81. The molecule has 0 aliphatic heterocycles. The summed E-state index contributed by atoms with van der Waals surface area (Å²) in [4.78, 5) is 22.3. The second-order valence-electron chi connectivity index (χ2n) is 7.01. The van der Waals surface area contributed by atoms with Crippen LogP contribution < -0.4 is 9.47 Å². The smallest absolute Gasteiger partial charge is 0.235 e. The number of hydrogen-bond donors (Lipinski definition) is 0. The van der Waals surface area contributed by atoms with E-state index in [1.54, 1.807) is 14.2 Å². The van der Waals surface area contributed by atoms with Crippen LogP contribution >= 0.6 is 0 Å². The summed E-state index contributed by atoms with van der Waals surface area (Å²) in [5.41, 5.74) is 4.30. The van der Waals surface area contributed by atoms with Gasteiger partial charge in [-0.15, -0.1) is 0 Å². The van der Waals surface area contributed by atoms with Gasteiger partial charge < -0.3 is 9.47 Å². The van der Waals surface area contributed by atoms with Gasteiger partial charge in [-0.25, -0.2) is 9.97 Å². The molecule has 6 heteroatoms. The number of fused-ring (bicyclic) bond motifs is 4. The lowest BCUT2D eigenvalue weighted by atomic mass is 9.81. The highest BCUT2D eigenvalue weighted by atomic mass is 16.5. The number of para-hydroxylation sites is 2. The van der Waals surface area contributed by atoms with E-state index in [1.165, 1.54) is 0 Å². The summed E-state index contributed by atoms with van der Waals surface area (Å²) in [6.45, 7) is 0. The number of carbonyl (C=O) groups excluding carboxylic acids is 1. The van der Waals surface area contributed by atoms with Gasteiger partial charge in [0.05, 0.1) is 36.5 Å². The average molecular weight is 373 g/mol. The van der Waals surface area contributed by atoms with Crippen molar-refractivity contribution in [3.63, 3.8) is 0 Å². The fourth-order valence-corrected chi connectivity index (χ4v) is 4.03. The number of Topliss-reactive ketones (excluding diaryl/α,β-unsaturated/α-hetero) is 1. The van der Waals surface area contributed by atoms with Crippen LogP contribution in [0.4, 0.5) is 0 Å². The monoisotopic (exact) mass is 373 g/mol. The molecular weight excluding hydrogens is 354 g/mol. The number of imidazole rings is 1. The normalized spacial score (nSPS) is 16.4. The SMILES string of the molecule is COc1ccc(C2CC(=O)c3cn4c(nc3C2)nc2ccccc24)c(OC)c1. The second kappa shape index (κ2) is 6.34. The number of rotatable bonds is 3. The van der Waals surface area contributed by atoms with Crippen LogP contribution in [0, 0.1) is 0 Å². The molecule has 0 bridgehead atoms. The summed E-state index contributed by atoms with van der Waals surface area (Å²) in [5, 5.41) is 0. The highest BCUT2D eigenvalue weighted by Gasteiger charge is 2.30. The van der Waals surface area contributed by atoms with Gasteiger partial charge in [-0.3, -0.25) is 9.20 Å². The van der Waals surface area contributed by atoms with Gasteiger partial charge in [-0.1, -0.05) is 18.2 Å². The molecule has 1 aliphatic carbocycles. The number of carbonyl (C=O) groups is 1. The molecule has 2 heterocycles. The van der Waals surface area contributed by atoms with E-state index >= 15 is 0 Å². The number of nitrogens with zero attached hydrogens (tertiary/aromatic N) is 3. The predicted molar refractivity (Wildman–Crippen MR) is 105 cm³/mol. The molecule has 0 radical (unpaired) electrons. The molecule has 0 fully saturated rings. The lowest BCUT2D eigenvalue weighted by molar-refractivity contribution is 0.0962. The van der Waals surface area contributed by atoms with E-state index in [0.29, 0.717) is 24.2 Å². The average Bonchev–Trinajstić information content (AvgIpc) is 3.09. The van der Waals surface area contributed by atoms with E-state index in [4.69, 9.17) is 14.5 Å². The molecule has 5 rings (SSSR count). The first kappa shape index (κ1) is 16.7. The molecule has 0 saturated heterocycles. The van der Waals surface area contributed by atoms with Crippen LogP contribution in [0.2, 0.25) is 0 Å². The molecule has 1 aliphatic rings. The van der Waals surface area contributed by atoms with Crippen molar-refractivity contribution >= 4 is 22.6 Å².